The molecule has 0 aliphatic rings. The van der Waals surface area contributed by atoms with Crippen molar-refractivity contribution >= 4 is 39.6 Å². The molecule has 4 aromatic rings. The third-order valence-corrected chi connectivity index (χ3v) is 4.75. The highest BCUT2D eigenvalue weighted by atomic mass is 32.1. The predicted octanol–water partition coefficient (Wildman–Crippen LogP) is 5.59. The standard InChI is InChI=1S/C21H13F5N4S/c22-16-13(17(23)19(25)20(26)18(16)24)10-30-9-8-15(29-30)28-21(31)27-14-7-3-5-11-4-1-2-6-12(11)14/h1-9H,10H2,(H2,27,28,29,31). The highest BCUT2D eigenvalue weighted by Gasteiger charge is 2.25. The molecule has 4 rings (SSSR count). The van der Waals surface area contributed by atoms with E-state index >= 15 is 0 Å². The monoisotopic (exact) mass is 448 g/mol. The Kier molecular flexibility index (Phi) is 5.55. The van der Waals surface area contributed by atoms with Crippen molar-refractivity contribution in [2.24, 2.45) is 0 Å². The van der Waals surface area contributed by atoms with Gasteiger partial charge in [0.25, 0.3) is 0 Å². The van der Waals surface area contributed by atoms with E-state index in [1.54, 1.807) is 0 Å². The molecule has 4 nitrogen and oxygen atoms in total. The molecular formula is C21H13F5N4S. The number of benzene rings is 3. The topological polar surface area (TPSA) is 41.9 Å². The summed E-state index contributed by atoms with van der Waals surface area (Å²) in [5, 5.41) is 12.0. The zero-order valence-corrected chi connectivity index (χ0v) is 16.4. The number of anilines is 2. The number of nitrogens with one attached hydrogen (secondary N) is 2. The second-order valence-electron chi connectivity index (χ2n) is 6.55. The van der Waals surface area contributed by atoms with Gasteiger partial charge in [0, 0.05) is 23.3 Å². The second kappa shape index (κ2) is 8.31. The van der Waals surface area contributed by atoms with Crippen LogP contribution in [0, 0.1) is 29.1 Å². The molecule has 10 heteroatoms. The molecule has 0 spiro atoms. The van der Waals surface area contributed by atoms with Crippen LogP contribution < -0.4 is 10.6 Å². The van der Waals surface area contributed by atoms with Crippen molar-refractivity contribution in [1.29, 1.82) is 0 Å². The number of aromatic nitrogens is 2. The third kappa shape index (κ3) is 4.06. The second-order valence-corrected chi connectivity index (χ2v) is 6.96. The lowest BCUT2D eigenvalue weighted by atomic mass is 10.1. The first-order valence-electron chi connectivity index (χ1n) is 8.94. The minimum absolute atomic E-state index is 0.206. The van der Waals surface area contributed by atoms with Gasteiger partial charge in [-0.15, -0.1) is 0 Å². The van der Waals surface area contributed by atoms with E-state index in [0.717, 1.165) is 21.1 Å². The number of rotatable bonds is 4. The number of nitrogens with zero attached hydrogens (tertiary/aromatic N) is 2. The summed E-state index contributed by atoms with van der Waals surface area (Å²) in [4.78, 5) is 0. The van der Waals surface area contributed by atoms with Crippen LogP contribution in [0.1, 0.15) is 5.56 Å². The van der Waals surface area contributed by atoms with Crippen LogP contribution in [-0.2, 0) is 6.54 Å². The molecule has 1 aromatic heterocycles. The Morgan fingerprint density at radius 2 is 1.45 bits per heavy atom. The van der Waals surface area contributed by atoms with E-state index in [1.807, 2.05) is 42.5 Å². The third-order valence-electron chi connectivity index (χ3n) is 4.54. The number of thiocarbonyl (C=S) groups is 1. The zero-order chi connectivity index (χ0) is 22.1. The summed E-state index contributed by atoms with van der Waals surface area (Å²) >= 11 is 5.28. The molecule has 3 aromatic carbocycles. The molecule has 31 heavy (non-hydrogen) atoms. The van der Waals surface area contributed by atoms with E-state index in [2.05, 4.69) is 15.7 Å². The normalized spacial score (nSPS) is 11.0. The fourth-order valence-electron chi connectivity index (χ4n) is 3.07. The van der Waals surface area contributed by atoms with Crippen molar-refractivity contribution in [3.8, 4) is 0 Å². The van der Waals surface area contributed by atoms with E-state index in [1.165, 1.54) is 12.3 Å². The first-order chi connectivity index (χ1) is 14.8. The highest BCUT2D eigenvalue weighted by Crippen LogP contribution is 2.25. The Balaban J connectivity index is 1.49. The molecule has 1 heterocycles. The van der Waals surface area contributed by atoms with Crippen molar-refractivity contribution in [2.75, 3.05) is 10.6 Å². The lowest BCUT2D eigenvalue weighted by Gasteiger charge is -2.11. The molecule has 0 atom stereocenters. The van der Waals surface area contributed by atoms with E-state index in [4.69, 9.17) is 12.2 Å². The maximum Gasteiger partial charge on any atom is 0.200 e. The Hall–Kier alpha value is -3.53. The van der Waals surface area contributed by atoms with Crippen LogP contribution >= 0.6 is 12.2 Å². The van der Waals surface area contributed by atoms with Gasteiger partial charge >= 0.3 is 0 Å². The summed E-state index contributed by atoms with van der Waals surface area (Å²) < 4.78 is 68.7. The zero-order valence-electron chi connectivity index (χ0n) is 15.6. The van der Waals surface area contributed by atoms with Crippen LogP contribution in [0.2, 0.25) is 0 Å². The summed E-state index contributed by atoms with van der Waals surface area (Å²) in [6, 6.07) is 14.8. The fraction of sp³-hybridized carbons (Fsp3) is 0.0476. The largest absolute Gasteiger partial charge is 0.332 e. The van der Waals surface area contributed by atoms with Gasteiger partial charge in [-0.1, -0.05) is 36.4 Å². The van der Waals surface area contributed by atoms with Gasteiger partial charge in [0.05, 0.1) is 12.1 Å². The van der Waals surface area contributed by atoms with Gasteiger partial charge < -0.3 is 10.6 Å². The summed E-state index contributed by atoms with van der Waals surface area (Å²) in [5.41, 5.74) is -0.223. The Morgan fingerprint density at radius 1 is 0.806 bits per heavy atom. The van der Waals surface area contributed by atoms with Crippen LogP contribution in [0.4, 0.5) is 33.5 Å². The lowest BCUT2D eigenvalue weighted by Crippen LogP contribution is -2.20. The van der Waals surface area contributed by atoms with Crippen molar-refractivity contribution < 1.29 is 22.0 Å². The average Bonchev–Trinajstić information content (AvgIpc) is 3.21. The molecule has 0 radical (unpaired) electrons. The van der Waals surface area contributed by atoms with Gasteiger partial charge in [-0.3, -0.25) is 4.68 Å². The molecule has 0 aliphatic heterocycles. The lowest BCUT2D eigenvalue weighted by molar-refractivity contribution is 0.367. The van der Waals surface area contributed by atoms with E-state index in [-0.39, 0.29) is 10.9 Å². The molecule has 0 saturated carbocycles. The molecule has 0 bridgehead atoms. The van der Waals surface area contributed by atoms with E-state index in [0.29, 0.717) is 0 Å². The van der Waals surface area contributed by atoms with Crippen LogP contribution in [-0.4, -0.2) is 14.9 Å². The van der Waals surface area contributed by atoms with E-state index < -0.39 is 41.2 Å². The van der Waals surface area contributed by atoms with Crippen molar-refractivity contribution in [3.05, 3.63) is 89.4 Å². The van der Waals surface area contributed by atoms with Crippen LogP contribution in [0.25, 0.3) is 10.8 Å². The molecule has 0 unspecified atom stereocenters. The minimum Gasteiger partial charge on any atom is -0.332 e. The molecule has 0 fully saturated rings. The van der Waals surface area contributed by atoms with Crippen LogP contribution in [0.3, 0.4) is 0 Å². The fourth-order valence-corrected chi connectivity index (χ4v) is 3.29. The van der Waals surface area contributed by atoms with Crippen LogP contribution in [0.15, 0.2) is 54.7 Å². The number of hydrogen-bond acceptors (Lipinski definition) is 2. The number of fused-ring (bicyclic) bond motifs is 1. The van der Waals surface area contributed by atoms with Gasteiger partial charge in [0.2, 0.25) is 5.82 Å². The molecular weight excluding hydrogens is 435 g/mol. The smallest absolute Gasteiger partial charge is 0.200 e. The summed E-state index contributed by atoms with van der Waals surface area (Å²) in [7, 11) is 0. The Morgan fingerprint density at radius 3 is 2.19 bits per heavy atom. The van der Waals surface area contributed by atoms with E-state index in [9.17, 15) is 22.0 Å². The van der Waals surface area contributed by atoms with Gasteiger partial charge in [-0.2, -0.15) is 5.10 Å². The Labute approximate surface area is 178 Å². The number of halogens is 5. The highest BCUT2D eigenvalue weighted by molar-refractivity contribution is 7.80. The summed E-state index contributed by atoms with van der Waals surface area (Å²) in [6.45, 7) is -0.656. The quantitative estimate of drug-likeness (QED) is 0.185. The van der Waals surface area contributed by atoms with Crippen molar-refractivity contribution in [3.63, 3.8) is 0 Å². The minimum atomic E-state index is -2.20. The van der Waals surface area contributed by atoms with Crippen molar-refractivity contribution in [1.82, 2.24) is 9.78 Å². The predicted molar refractivity (Wildman–Crippen MR) is 111 cm³/mol. The maximum atomic E-state index is 13.9. The van der Waals surface area contributed by atoms with Crippen LogP contribution in [0.5, 0.6) is 0 Å². The van der Waals surface area contributed by atoms with Gasteiger partial charge in [-0.05, 0) is 23.7 Å². The first kappa shape index (κ1) is 20.7. The number of hydrogen-bond donors (Lipinski definition) is 2. The SMILES string of the molecule is Fc1c(F)c(F)c(Cn2ccc(NC(=S)Nc3cccc4ccccc34)n2)c(F)c1F. The molecule has 0 saturated heterocycles. The average molecular weight is 448 g/mol. The van der Waals surface area contributed by atoms with Gasteiger partial charge in [0.1, 0.15) is 0 Å². The molecule has 0 aliphatic carbocycles. The Bertz CT molecular complexity index is 1270. The van der Waals surface area contributed by atoms with Gasteiger partial charge in [-0.25, -0.2) is 22.0 Å². The van der Waals surface area contributed by atoms with Gasteiger partial charge in [0.15, 0.2) is 34.2 Å². The first-order valence-corrected chi connectivity index (χ1v) is 9.35. The summed E-state index contributed by atoms with van der Waals surface area (Å²) in [6.07, 6.45) is 1.32. The maximum absolute atomic E-state index is 13.9. The molecule has 0 amide bonds. The summed E-state index contributed by atoms with van der Waals surface area (Å²) in [5.74, 6) is -9.77. The molecule has 158 valence electrons. The molecule has 2 N–H and O–H groups in total. The van der Waals surface area contributed by atoms with Crippen molar-refractivity contribution in [2.45, 2.75) is 6.54 Å².